The Bertz CT molecular complexity index is 1580. The maximum Gasteiger partial charge on any atom is 0.280 e. The molecule has 5 rings (SSSR count). The van der Waals surface area contributed by atoms with E-state index in [4.69, 9.17) is 25.5 Å². The number of anilines is 2. The van der Waals surface area contributed by atoms with Crippen LogP contribution in [0.2, 0.25) is 0 Å². The number of methoxy groups -OCH3 is 1. The Morgan fingerprint density at radius 1 is 1.21 bits per heavy atom. The van der Waals surface area contributed by atoms with E-state index in [1.807, 2.05) is 4.57 Å². The first-order valence-corrected chi connectivity index (χ1v) is 15.8. The van der Waals surface area contributed by atoms with Gasteiger partial charge in [-0.05, 0) is 24.7 Å². The van der Waals surface area contributed by atoms with Gasteiger partial charge in [0.1, 0.15) is 24.2 Å². The Labute approximate surface area is 246 Å². The monoisotopic (exact) mass is 622 g/mol. The smallest absolute Gasteiger partial charge is 0.280 e. The molecule has 0 saturated carbocycles. The summed E-state index contributed by atoms with van der Waals surface area (Å²) in [4.78, 5) is 45.2. The zero-order valence-corrected chi connectivity index (χ0v) is 25.1. The van der Waals surface area contributed by atoms with Crippen molar-refractivity contribution in [3.8, 4) is 0 Å². The number of H-pyrrole nitrogens is 1. The number of nitrogens with one attached hydrogen (secondary N) is 1. The van der Waals surface area contributed by atoms with Gasteiger partial charge in [-0.3, -0.25) is 18.9 Å². The van der Waals surface area contributed by atoms with Crippen LogP contribution in [0.3, 0.4) is 0 Å². The number of thiol groups is 1. The van der Waals surface area contributed by atoms with E-state index >= 15 is 0 Å². The molecule has 0 aliphatic carbocycles. The van der Waals surface area contributed by atoms with Gasteiger partial charge in [0.05, 0.1) is 25.4 Å². The van der Waals surface area contributed by atoms with Crippen molar-refractivity contribution in [1.29, 1.82) is 0 Å². The fraction of sp³-hybridized carbons (Fsp3) is 0.583. The molecule has 1 saturated heterocycles. The lowest BCUT2D eigenvalue weighted by Gasteiger charge is -2.27. The van der Waals surface area contributed by atoms with Gasteiger partial charge < -0.3 is 35.5 Å². The Hall–Kier alpha value is -2.92. The van der Waals surface area contributed by atoms with Crippen molar-refractivity contribution in [3.63, 3.8) is 0 Å². The number of nitrogen functional groups attached to an aromatic ring is 2. The van der Waals surface area contributed by atoms with Crippen LogP contribution in [-0.4, -0.2) is 75.0 Å². The molecule has 228 valence electrons. The Kier molecular flexibility index (Phi) is 9.27. The number of hydrogen-bond donors (Lipinski definition) is 6. The van der Waals surface area contributed by atoms with E-state index in [-0.39, 0.29) is 53.8 Å². The molecule has 0 radical (unpaired) electrons. The number of aliphatic hydroxyl groups is 1. The molecule has 7 N–H and O–H groups in total. The summed E-state index contributed by atoms with van der Waals surface area (Å²) in [5.41, 5.74) is 12.5. The molecule has 0 bridgehead atoms. The molecule has 1 aliphatic heterocycles. The van der Waals surface area contributed by atoms with E-state index in [9.17, 15) is 14.8 Å². The average Bonchev–Trinajstić information content (AvgIpc) is 3.65. The van der Waals surface area contributed by atoms with Crippen LogP contribution in [-0.2, 0) is 14.0 Å². The van der Waals surface area contributed by atoms with E-state index < -0.39 is 25.5 Å². The molecule has 42 heavy (non-hydrogen) atoms. The van der Waals surface area contributed by atoms with Crippen LogP contribution in [0.25, 0.3) is 22.3 Å². The topological polar surface area (TPSA) is 227 Å². The summed E-state index contributed by atoms with van der Waals surface area (Å²) in [5.74, 6) is 0.468. The molecular formula is C24H35N10O6PS. The van der Waals surface area contributed by atoms with E-state index in [1.165, 1.54) is 24.3 Å². The Morgan fingerprint density at radius 3 is 2.71 bits per heavy atom. The highest BCUT2D eigenvalue weighted by Crippen LogP contribution is 2.45. The fourth-order valence-corrected chi connectivity index (χ4v) is 6.21. The van der Waals surface area contributed by atoms with Gasteiger partial charge in [-0.25, -0.2) is 19.9 Å². The lowest BCUT2D eigenvalue weighted by Crippen LogP contribution is -2.29. The molecule has 0 amide bonds. The highest BCUT2D eigenvalue weighted by Gasteiger charge is 2.43. The number of aliphatic hydroxyl groups excluding tert-OH is 1. The molecule has 0 aromatic carbocycles. The van der Waals surface area contributed by atoms with Crippen LogP contribution in [0.15, 0.2) is 23.8 Å². The standard InChI is InChI=1S/C24H35N10O6PS/c1-11(6-14(38-3)22(36)33-9-30-17-20(33)31-24(26)32-21(17)35)4-5-13-12(2)23(40-15(13)7-39-41(37)42)34-10-29-16-18(25)27-8-28-19(16)34/h8-15,22-23,36-37,42H,4-7H2,1-3H3,(H2,25,27,28)(H3,26,31,32,35)/t11?,12?,13-,14+,15?,22?,23?,41?/m1/s1. The SMILES string of the molecule is CO[C@@H](CC(C)CC[C@H]1C(COP(O)S)OC(n2cnc3c(N)ncnc32)C1C)C(O)n1cnc2c(=O)[nH]c(N)nc21. The van der Waals surface area contributed by atoms with Crippen molar-refractivity contribution in [2.45, 2.75) is 57.8 Å². The quantitative estimate of drug-likeness (QED) is 0.0979. The van der Waals surface area contributed by atoms with Gasteiger partial charge in [0, 0.05) is 13.0 Å². The van der Waals surface area contributed by atoms with Gasteiger partial charge in [0.2, 0.25) is 13.5 Å². The molecule has 0 spiro atoms. The number of nitrogens with zero attached hydrogens (tertiary/aromatic N) is 7. The molecule has 5 heterocycles. The average molecular weight is 623 g/mol. The van der Waals surface area contributed by atoms with Crippen LogP contribution >= 0.6 is 19.8 Å². The lowest BCUT2D eigenvalue weighted by atomic mass is 9.83. The van der Waals surface area contributed by atoms with Crippen molar-refractivity contribution in [3.05, 3.63) is 29.3 Å². The molecule has 1 fully saturated rings. The van der Waals surface area contributed by atoms with Crippen LogP contribution in [0.5, 0.6) is 0 Å². The number of hydrogen-bond acceptors (Lipinski definition) is 14. The van der Waals surface area contributed by atoms with Gasteiger partial charge in [0.25, 0.3) is 5.56 Å². The number of aromatic amines is 1. The second kappa shape index (κ2) is 12.8. The van der Waals surface area contributed by atoms with Crippen molar-refractivity contribution in [2.24, 2.45) is 17.8 Å². The van der Waals surface area contributed by atoms with Crippen LogP contribution in [0.4, 0.5) is 11.8 Å². The number of nitrogens with two attached hydrogens (primary N) is 2. The highest BCUT2D eigenvalue weighted by atomic mass is 32.7. The van der Waals surface area contributed by atoms with Gasteiger partial charge in [-0.15, -0.1) is 0 Å². The highest BCUT2D eigenvalue weighted by molar-refractivity contribution is 8.41. The van der Waals surface area contributed by atoms with Crippen molar-refractivity contribution < 1.29 is 24.0 Å². The summed E-state index contributed by atoms with van der Waals surface area (Å²) in [6.07, 6.45) is 4.05. The summed E-state index contributed by atoms with van der Waals surface area (Å²) >= 11 is 4.00. The third kappa shape index (κ3) is 6.08. The maximum absolute atomic E-state index is 12.2. The third-order valence-corrected chi connectivity index (χ3v) is 8.66. The number of imidazole rings is 2. The van der Waals surface area contributed by atoms with Crippen molar-refractivity contribution >= 4 is 53.9 Å². The molecule has 8 atom stereocenters. The van der Waals surface area contributed by atoms with Gasteiger partial charge in [0.15, 0.2) is 28.9 Å². The number of rotatable bonds is 12. The summed E-state index contributed by atoms with van der Waals surface area (Å²) in [5, 5.41) is 11.1. The fourth-order valence-electron chi connectivity index (χ4n) is 5.73. The van der Waals surface area contributed by atoms with Crippen molar-refractivity contribution in [1.82, 2.24) is 39.0 Å². The number of fused-ring (bicyclic) bond motifs is 2. The predicted molar refractivity (Wildman–Crippen MR) is 158 cm³/mol. The minimum atomic E-state index is -1.85. The van der Waals surface area contributed by atoms with E-state index in [2.05, 4.69) is 56.0 Å². The molecular weight excluding hydrogens is 587 g/mol. The molecule has 1 aliphatic rings. The summed E-state index contributed by atoms with van der Waals surface area (Å²) in [6, 6.07) is 0. The first kappa shape index (κ1) is 30.5. The Morgan fingerprint density at radius 2 is 1.98 bits per heavy atom. The molecule has 6 unspecified atom stereocenters. The van der Waals surface area contributed by atoms with Crippen LogP contribution < -0.4 is 17.0 Å². The lowest BCUT2D eigenvalue weighted by molar-refractivity contribution is -0.0613. The van der Waals surface area contributed by atoms with Crippen LogP contribution in [0.1, 0.15) is 45.6 Å². The minimum absolute atomic E-state index is 0.0416. The van der Waals surface area contributed by atoms with Crippen LogP contribution in [0, 0.1) is 17.8 Å². The second-order valence-electron chi connectivity index (χ2n) is 10.6. The summed E-state index contributed by atoms with van der Waals surface area (Å²) in [6.45, 7) is 4.36. The molecule has 16 nitrogen and oxygen atoms in total. The van der Waals surface area contributed by atoms with E-state index in [1.54, 1.807) is 6.33 Å². The first-order valence-electron chi connectivity index (χ1n) is 13.4. The zero-order valence-electron chi connectivity index (χ0n) is 23.3. The van der Waals surface area contributed by atoms with E-state index in [0.717, 1.165) is 12.8 Å². The molecule has 4 aromatic rings. The van der Waals surface area contributed by atoms with E-state index in [0.29, 0.717) is 23.4 Å². The number of ether oxygens (including phenoxy) is 2. The first-order chi connectivity index (χ1) is 20.1. The zero-order chi connectivity index (χ0) is 30.1. The molecule has 4 aromatic heterocycles. The second-order valence-corrected chi connectivity index (χ2v) is 12.4. The van der Waals surface area contributed by atoms with Gasteiger partial charge in [-0.2, -0.15) is 4.98 Å². The van der Waals surface area contributed by atoms with Gasteiger partial charge >= 0.3 is 0 Å². The molecule has 18 heteroatoms. The maximum atomic E-state index is 12.2. The summed E-state index contributed by atoms with van der Waals surface area (Å²) in [7, 11) is -0.325. The minimum Gasteiger partial charge on any atom is -0.382 e. The van der Waals surface area contributed by atoms with Gasteiger partial charge in [-0.1, -0.05) is 32.5 Å². The normalized spacial score (nSPS) is 23.9. The Balaban J connectivity index is 1.28. The summed E-state index contributed by atoms with van der Waals surface area (Å²) < 4.78 is 20.8. The number of aromatic nitrogens is 8. The predicted octanol–water partition coefficient (Wildman–Crippen LogP) is 1.75. The largest absolute Gasteiger partial charge is 0.382 e. The van der Waals surface area contributed by atoms with Crippen molar-refractivity contribution in [2.75, 3.05) is 25.2 Å². The third-order valence-electron chi connectivity index (χ3n) is 7.93.